The Morgan fingerprint density at radius 3 is 2.59 bits per heavy atom. The summed E-state index contributed by atoms with van der Waals surface area (Å²) < 4.78 is 13.6. The molecular formula is C13H18FNO2. The maximum atomic E-state index is 13.6. The molecule has 94 valence electrons. The van der Waals surface area contributed by atoms with Crippen LogP contribution in [0.15, 0.2) is 18.2 Å². The van der Waals surface area contributed by atoms with Crippen LogP contribution in [-0.2, 0) is 6.54 Å². The van der Waals surface area contributed by atoms with E-state index < -0.39 is 11.8 Å². The van der Waals surface area contributed by atoms with Crippen LogP contribution in [0.1, 0.15) is 29.8 Å². The van der Waals surface area contributed by atoms with Gasteiger partial charge in [0.05, 0.1) is 5.56 Å². The molecule has 0 aliphatic rings. The summed E-state index contributed by atoms with van der Waals surface area (Å²) in [5.74, 6) is -1.05. The van der Waals surface area contributed by atoms with Gasteiger partial charge in [0.25, 0.3) is 0 Å². The van der Waals surface area contributed by atoms with Gasteiger partial charge in [0, 0.05) is 18.7 Å². The molecule has 1 rings (SSSR count). The molecule has 1 aromatic carbocycles. The zero-order chi connectivity index (χ0) is 13.0. The fourth-order valence-electron chi connectivity index (χ4n) is 1.79. The highest BCUT2D eigenvalue weighted by Crippen LogP contribution is 2.13. The second-order valence-electron chi connectivity index (χ2n) is 4.70. The number of carbonyl (C=O) groups is 1. The van der Waals surface area contributed by atoms with E-state index in [0.717, 1.165) is 12.6 Å². The van der Waals surface area contributed by atoms with Crippen LogP contribution < -0.4 is 0 Å². The molecule has 0 radical (unpaired) electrons. The lowest BCUT2D eigenvalue weighted by atomic mass is 10.1. The molecule has 1 aromatic rings. The average molecular weight is 239 g/mol. The number of hydrogen-bond acceptors (Lipinski definition) is 2. The van der Waals surface area contributed by atoms with Crippen molar-refractivity contribution >= 4 is 5.97 Å². The number of nitrogens with zero attached hydrogens (tertiary/aromatic N) is 1. The molecular weight excluding hydrogens is 221 g/mol. The largest absolute Gasteiger partial charge is 0.478 e. The highest BCUT2D eigenvalue weighted by molar-refractivity contribution is 5.87. The summed E-state index contributed by atoms with van der Waals surface area (Å²) in [5, 5.41) is 8.72. The van der Waals surface area contributed by atoms with Crippen LogP contribution in [-0.4, -0.2) is 29.6 Å². The lowest BCUT2D eigenvalue weighted by molar-refractivity contribution is 0.0696. The van der Waals surface area contributed by atoms with Crippen molar-refractivity contribution in [2.75, 3.05) is 13.6 Å². The average Bonchev–Trinajstić information content (AvgIpc) is 2.19. The van der Waals surface area contributed by atoms with E-state index in [1.54, 1.807) is 0 Å². The van der Waals surface area contributed by atoms with Crippen LogP contribution in [0.25, 0.3) is 0 Å². The maximum absolute atomic E-state index is 13.6. The van der Waals surface area contributed by atoms with E-state index in [4.69, 9.17) is 5.11 Å². The standard InChI is InChI=1S/C13H18FNO2/c1-9(2)7-15(3)8-11-5-4-10(13(16)17)6-12(11)14/h4-6,9H,7-8H2,1-3H3,(H,16,17). The summed E-state index contributed by atoms with van der Waals surface area (Å²) in [6.07, 6.45) is 0. The minimum Gasteiger partial charge on any atom is -0.478 e. The summed E-state index contributed by atoms with van der Waals surface area (Å²) in [5.41, 5.74) is 0.510. The normalized spacial score (nSPS) is 11.2. The smallest absolute Gasteiger partial charge is 0.335 e. The van der Waals surface area contributed by atoms with E-state index >= 15 is 0 Å². The van der Waals surface area contributed by atoms with Crippen LogP contribution in [0.4, 0.5) is 4.39 Å². The molecule has 0 spiro atoms. The minimum atomic E-state index is -1.11. The van der Waals surface area contributed by atoms with E-state index in [9.17, 15) is 9.18 Å². The Kier molecular flexibility index (Phi) is 4.63. The zero-order valence-corrected chi connectivity index (χ0v) is 10.4. The van der Waals surface area contributed by atoms with Crippen molar-refractivity contribution in [2.24, 2.45) is 5.92 Å². The van der Waals surface area contributed by atoms with Crippen molar-refractivity contribution in [1.82, 2.24) is 4.90 Å². The summed E-state index contributed by atoms with van der Waals surface area (Å²) in [4.78, 5) is 12.7. The van der Waals surface area contributed by atoms with Crippen LogP contribution in [0.3, 0.4) is 0 Å². The molecule has 4 heteroatoms. The molecule has 0 saturated heterocycles. The molecule has 17 heavy (non-hydrogen) atoms. The first-order valence-corrected chi connectivity index (χ1v) is 5.60. The molecule has 0 fully saturated rings. The third-order valence-corrected chi connectivity index (χ3v) is 2.42. The van der Waals surface area contributed by atoms with Crippen molar-refractivity contribution in [3.63, 3.8) is 0 Å². The highest BCUT2D eigenvalue weighted by Gasteiger charge is 2.10. The molecule has 0 aliphatic carbocycles. The predicted molar refractivity (Wildman–Crippen MR) is 64.5 cm³/mol. The Balaban J connectivity index is 2.75. The molecule has 0 aliphatic heterocycles. The first-order chi connectivity index (χ1) is 7.90. The van der Waals surface area contributed by atoms with Gasteiger partial charge in [-0.05, 0) is 25.1 Å². The van der Waals surface area contributed by atoms with Crippen LogP contribution in [0.2, 0.25) is 0 Å². The quantitative estimate of drug-likeness (QED) is 0.858. The third kappa shape index (κ3) is 4.15. The summed E-state index contributed by atoms with van der Waals surface area (Å²) in [7, 11) is 1.92. The second-order valence-corrected chi connectivity index (χ2v) is 4.70. The fourth-order valence-corrected chi connectivity index (χ4v) is 1.79. The monoisotopic (exact) mass is 239 g/mol. The molecule has 0 aromatic heterocycles. The third-order valence-electron chi connectivity index (χ3n) is 2.42. The van der Waals surface area contributed by atoms with E-state index in [1.165, 1.54) is 12.1 Å². The Morgan fingerprint density at radius 2 is 2.12 bits per heavy atom. The number of carboxylic acids is 1. The van der Waals surface area contributed by atoms with Crippen molar-refractivity contribution in [3.05, 3.63) is 35.1 Å². The van der Waals surface area contributed by atoms with Gasteiger partial charge < -0.3 is 10.0 Å². The summed E-state index contributed by atoms with van der Waals surface area (Å²) in [6.45, 7) is 5.56. The highest BCUT2D eigenvalue weighted by atomic mass is 19.1. The number of benzene rings is 1. The van der Waals surface area contributed by atoms with Crippen molar-refractivity contribution in [2.45, 2.75) is 20.4 Å². The minimum absolute atomic E-state index is 0.0160. The second kappa shape index (κ2) is 5.77. The topological polar surface area (TPSA) is 40.5 Å². The molecule has 0 saturated carbocycles. The summed E-state index contributed by atoms with van der Waals surface area (Å²) in [6, 6.07) is 4.04. The van der Waals surface area contributed by atoms with Crippen LogP contribution in [0, 0.1) is 11.7 Å². The molecule has 0 amide bonds. The van der Waals surface area contributed by atoms with Gasteiger partial charge in [-0.25, -0.2) is 9.18 Å². The lowest BCUT2D eigenvalue weighted by Crippen LogP contribution is -2.23. The van der Waals surface area contributed by atoms with Gasteiger partial charge in [-0.15, -0.1) is 0 Å². The summed E-state index contributed by atoms with van der Waals surface area (Å²) >= 11 is 0. The maximum Gasteiger partial charge on any atom is 0.335 e. The first kappa shape index (κ1) is 13.6. The van der Waals surface area contributed by atoms with Crippen LogP contribution in [0.5, 0.6) is 0 Å². The van der Waals surface area contributed by atoms with Gasteiger partial charge in [0.1, 0.15) is 5.82 Å². The molecule has 3 nitrogen and oxygen atoms in total. The molecule has 1 N–H and O–H groups in total. The van der Waals surface area contributed by atoms with Crippen molar-refractivity contribution in [3.8, 4) is 0 Å². The number of carboxylic acid groups (broad SMARTS) is 1. The number of hydrogen-bond donors (Lipinski definition) is 1. The molecule has 0 heterocycles. The van der Waals surface area contributed by atoms with Crippen LogP contribution >= 0.6 is 0 Å². The van der Waals surface area contributed by atoms with Crippen molar-refractivity contribution in [1.29, 1.82) is 0 Å². The molecule has 0 unspecified atom stereocenters. The van der Waals surface area contributed by atoms with Gasteiger partial charge in [-0.3, -0.25) is 0 Å². The zero-order valence-electron chi connectivity index (χ0n) is 10.4. The fraction of sp³-hybridized carbons (Fsp3) is 0.462. The van der Waals surface area contributed by atoms with Gasteiger partial charge in [0.2, 0.25) is 0 Å². The first-order valence-electron chi connectivity index (χ1n) is 5.60. The number of rotatable bonds is 5. The van der Waals surface area contributed by atoms with Gasteiger partial charge >= 0.3 is 5.97 Å². The van der Waals surface area contributed by atoms with E-state index in [2.05, 4.69) is 13.8 Å². The van der Waals surface area contributed by atoms with Crippen molar-refractivity contribution < 1.29 is 14.3 Å². The van der Waals surface area contributed by atoms with Gasteiger partial charge in [0.15, 0.2) is 0 Å². The lowest BCUT2D eigenvalue weighted by Gasteiger charge is -2.19. The number of halogens is 1. The predicted octanol–water partition coefficient (Wildman–Crippen LogP) is 2.61. The molecule has 0 atom stereocenters. The number of aromatic carboxylic acids is 1. The Hall–Kier alpha value is -1.42. The Bertz CT molecular complexity index is 404. The van der Waals surface area contributed by atoms with Gasteiger partial charge in [-0.1, -0.05) is 19.9 Å². The SMILES string of the molecule is CC(C)CN(C)Cc1ccc(C(=O)O)cc1F. The van der Waals surface area contributed by atoms with E-state index in [1.807, 2.05) is 11.9 Å². The van der Waals surface area contributed by atoms with E-state index in [0.29, 0.717) is 18.0 Å². The van der Waals surface area contributed by atoms with E-state index in [-0.39, 0.29) is 5.56 Å². The molecule has 0 bridgehead atoms. The Labute approximate surface area is 101 Å². The van der Waals surface area contributed by atoms with Gasteiger partial charge in [-0.2, -0.15) is 0 Å². The Morgan fingerprint density at radius 1 is 1.47 bits per heavy atom.